The Labute approximate surface area is 199 Å². The van der Waals surface area contributed by atoms with Crippen LogP contribution in [0.2, 0.25) is 0 Å². The lowest BCUT2D eigenvalue weighted by Gasteiger charge is -2.24. The molecule has 1 aliphatic heterocycles. The number of amides is 1. The van der Waals surface area contributed by atoms with Gasteiger partial charge in [-0.15, -0.1) is 0 Å². The zero-order valence-electron chi connectivity index (χ0n) is 20.7. The molecular weight excluding hydrogens is 412 g/mol. The van der Waals surface area contributed by atoms with Crippen LogP contribution in [0, 0.1) is 11.8 Å². The van der Waals surface area contributed by atoms with Gasteiger partial charge in [0, 0.05) is 31.6 Å². The van der Waals surface area contributed by atoms with Crippen LogP contribution in [0.4, 0.5) is 0 Å². The highest BCUT2D eigenvalue weighted by molar-refractivity contribution is 5.94. The summed E-state index contributed by atoms with van der Waals surface area (Å²) in [6, 6.07) is 14.5. The molecule has 0 aromatic heterocycles. The van der Waals surface area contributed by atoms with Gasteiger partial charge in [0.15, 0.2) is 0 Å². The van der Waals surface area contributed by atoms with Gasteiger partial charge in [-0.1, -0.05) is 52.0 Å². The standard InChI is InChI=1S/C28H40N2O3/c1-21(2)10-11-30-12-13-32-14-15-33-27-9-8-25(28(31)29-19-22(3)4)18-26(27)17-23-6-5-7-24(16-23)20-30/h5-9,16,18,21-22H,10-15,17,19-20H2,1-4H3,(H,29,31). The molecular formula is C28H40N2O3. The van der Waals surface area contributed by atoms with E-state index < -0.39 is 0 Å². The van der Waals surface area contributed by atoms with Gasteiger partial charge in [0.25, 0.3) is 5.91 Å². The van der Waals surface area contributed by atoms with Crippen molar-refractivity contribution in [3.63, 3.8) is 0 Å². The number of nitrogens with zero attached hydrogens (tertiary/aromatic N) is 1. The van der Waals surface area contributed by atoms with Gasteiger partial charge in [-0.2, -0.15) is 0 Å². The summed E-state index contributed by atoms with van der Waals surface area (Å²) in [6.07, 6.45) is 1.90. The fourth-order valence-electron chi connectivity index (χ4n) is 3.93. The first-order chi connectivity index (χ1) is 15.9. The molecule has 1 N–H and O–H groups in total. The lowest BCUT2D eigenvalue weighted by molar-refractivity contribution is 0.0764. The molecule has 0 unspecified atom stereocenters. The van der Waals surface area contributed by atoms with Gasteiger partial charge in [-0.05, 0) is 59.7 Å². The minimum Gasteiger partial charge on any atom is -0.491 e. The number of fused-ring (bicyclic) bond motifs is 3. The first-order valence-electron chi connectivity index (χ1n) is 12.3. The Morgan fingerprint density at radius 3 is 2.61 bits per heavy atom. The van der Waals surface area contributed by atoms with E-state index in [2.05, 4.69) is 62.2 Å². The predicted octanol–water partition coefficient (Wildman–Crippen LogP) is 4.92. The van der Waals surface area contributed by atoms with E-state index in [9.17, 15) is 4.79 Å². The van der Waals surface area contributed by atoms with E-state index in [4.69, 9.17) is 9.47 Å². The third-order valence-electron chi connectivity index (χ3n) is 5.85. The summed E-state index contributed by atoms with van der Waals surface area (Å²) in [5.41, 5.74) is 4.24. The van der Waals surface area contributed by atoms with Gasteiger partial charge in [0.2, 0.25) is 0 Å². The molecule has 180 valence electrons. The van der Waals surface area contributed by atoms with Crippen molar-refractivity contribution in [1.82, 2.24) is 10.2 Å². The summed E-state index contributed by atoms with van der Waals surface area (Å²) in [4.78, 5) is 15.1. The van der Waals surface area contributed by atoms with Crippen LogP contribution in [0.1, 0.15) is 61.2 Å². The maximum absolute atomic E-state index is 12.6. The summed E-state index contributed by atoms with van der Waals surface area (Å²) in [6.45, 7) is 14.1. The largest absolute Gasteiger partial charge is 0.491 e. The molecule has 1 amide bonds. The Hall–Kier alpha value is -2.37. The van der Waals surface area contributed by atoms with Crippen LogP contribution in [0.3, 0.4) is 0 Å². The molecule has 0 spiro atoms. The molecule has 1 heterocycles. The van der Waals surface area contributed by atoms with Crippen LogP contribution in [-0.2, 0) is 17.7 Å². The number of hydrogen-bond acceptors (Lipinski definition) is 4. The van der Waals surface area contributed by atoms with E-state index in [0.717, 1.165) is 37.4 Å². The number of hydrogen-bond donors (Lipinski definition) is 1. The Balaban J connectivity index is 1.83. The Bertz CT molecular complexity index is 894. The van der Waals surface area contributed by atoms with Crippen LogP contribution in [-0.4, -0.2) is 50.3 Å². The number of nitrogens with one attached hydrogen (secondary N) is 1. The highest BCUT2D eigenvalue weighted by Crippen LogP contribution is 2.25. The lowest BCUT2D eigenvalue weighted by Crippen LogP contribution is -2.29. The summed E-state index contributed by atoms with van der Waals surface area (Å²) in [7, 11) is 0. The van der Waals surface area contributed by atoms with Gasteiger partial charge in [0.05, 0.1) is 13.2 Å². The van der Waals surface area contributed by atoms with Crippen LogP contribution < -0.4 is 10.1 Å². The molecule has 0 saturated heterocycles. The molecule has 5 nitrogen and oxygen atoms in total. The third-order valence-corrected chi connectivity index (χ3v) is 5.85. The normalized spacial score (nSPS) is 15.6. The molecule has 2 aromatic carbocycles. The smallest absolute Gasteiger partial charge is 0.251 e. The third kappa shape index (κ3) is 8.49. The minimum absolute atomic E-state index is 0.0382. The molecule has 0 atom stereocenters. The molecule has 2 aromatic rings. The highest BCUT2D eigenvalue weighted by Gasteiger charge is 2.14. The van der Waals surface area contributed by atoms with E-state index in [1.165, 1.54) is 17.5 Å². The average Bonchev–Trinajstić information content (AvgIpc) is 2.78. The second-order valence-corrected chi connectivity index (χ2v) is 9.84. The first-order valence-corrected chi connectivity index (χ1v) is 12.3. The number of carbonyl (C=O) groups excluding carboxylic acids is 1. The van der Waals surface area contributed by atoms with E-state index in [1.54, 1.807) is 0 Å². The van der Waals surface area contributed by atoms with E-state index in [-0.39, 0.29) is 5.91 Å². The van der Waals surface area contributed by atoms with Crippen LogP contribution in [0.5, 0.6) is 5.75 Å². The highest BCUT2D eigenvalue weighted by atomic mass is 16.5. The average molecular weight is 453 g/mol. The molecule has 5 heteroatoms. The summed E-state index contributed by atoms with van der Waals surface area (Å²) in [5.74, 6) is 1.88. The van der Waals surface area contributed by atoms with Gasteiger partial charge in [0.1, 0.15) is 12.4 Å². The fourth-order valence-corrected chi connectivity index (χ4v) is 3.93. The van der Waals surface area contributed by atoms with Crippen molar-refractivity contribution in [2.24, 2.45) is 11.8 Å². The van der Waals surface area contributed by atoms with Gasteiger partial charge in [-0.3, -0.25) is 9.69 Å². The molecule has 0 saturated carbocycles. The first kappa shape index (κ1) is 25.3. The number of ether oxygens (including phenoxy) is 2. The molecule has 2 bridgehead atoms. The van der Waals surface area contributed by atoms with E-state index in [1.807, 2.05) is 18.2 Å². The molecule has 33 heavy (non-hydrogen) atoms. The fraction of sp³-hybridized carbons (Fsp3) is 0.536. The van der Waals surface area contributed by atoms with Crippen LogP contribution in [0.25, 0.3) is 0 Å². The zero-order valence-corrected chi connectivity index (χ0v) is 20.7. The Morgan fingerprint density at radius 2 is 1.82 bits per heavy atom. The maximum atomic E-state index is 12.6. The maximum Gasteiger partial charge on any atom is 0.251 e. The van der Waals surface area contributed by atoms with Crippen molar-refractivity contribution < 1.29 is 14.3 Å². The monoisotopic (exact) mass is 452 g/mol. The molecule has 0 fully saturated rings. The quantitative estimate of drug-likeness (QED) is 0.676. The molecule has 0 aliphatic carbocycles. The number of carbonyl (C=O) groups is 1. The summed E-state index contributed by atoms with van der Waals surface area (Å²) >= 11 is 0. The second kappa shape index (κ2) is 12.8. The Kier molecular flexibility index (Phi) is 9.76. The molecule has 3 rings (SSSR count). The topological polar surface area (TPSA) is 50.8 Å². The van der Waals surface area contributed by atoms with Crippen LogP contribution in [0.15, 0.2) is 42.5 Å². The van der Waals surface area contributed by atoms with Gasteiger partial charge < -0.3 is 14.8 Å². The van der Waals surface area contributed by atoms with Crippen LogP contribution >= 0.6 is 0 Å². The Morgan fingerprint density at radius 1 is 1.00 bits per heavy atom. The molecule has 0 radical (unpaired) electrons. The van der Waals surface area contributed by atoms with Crippen molar-refractivity contribution in [2.45, 2.75) is 47.1 Å². The zero-order chi connectivity index (χ0) is 23.6. The summed E-state index contributed by atoms with van der Waals surface area (Å²) in [5, 5.41) is 3.01. The van der Waals surface area contributed by atoms with E-state index in [0.29, 0.717) is 43.8 Å². The SMILES string of the molecule is CC(C)CCN1CCOCCOc2ccc(C(=O)NCC(C)C)cc2Cc2cccc(c2)C1. The predicted molar refractivity (Wildman–Crippen MR) is 134 cm³/mol. The number of benzene rings is 2. The second-order valence-electron chi connectivity index (χ2n) is 9.84. The van der Waals surface area contributed by atoms with Crippen molar-refractivity contribution in [3.05, 3.63) is 64.7 Å². The van der Waals surface area contributed by atoms with Crippen molar-refractivity contribution in [2.75, 3.05) is 39.5 Å². The van der Waals surface area contributed by atoms with Crippen molar-refractivity contribution in [3.8, 4) is 5.75 Å². The van der Waals surface area contributed by atoms with Crippen molar-refractivity contribution in [1.29, 1.82) is 0 Å². The van der Waals surface area contributed by atoms with Gasteiger partial charge in [-0.25, -0.2) is 0 Å². The minimum atomic E-state index is -0.0382. The van der Waals surface area contributed by atoms with Gasteiger partial charge >= 0.3 is 0 Å². The van der Waals surface area contributed by atoms with Crippen molar-refractivity contribution >= 4 is 5.91 Å². The van der Waals surface area contributed by atoms with E-state index >= 15 is 0 Å². The summed E-state index contributed by atoms with van der Waals surface area (Å²) < 4.78 is 11.9. The molecule has 1 aliphatic rings. The lowest BCUT2D eigenvalue weighted by atomic mass is 9.99. The number of rotatable bonds is 6.